The van der Waals surface area contributed by atoms with Crippen LogP contribution in [0.3, 0.4) is 0 Å². The molecule has 0 spiro atoms. The molecule has 0 heterocycles. The first-order chi connectivity index (χ1) is 18.9. The van der Waals surface area contributed by atoms with E-state index in [1.165, 1.54) is 0 Å². The Hall–Kier alpha value is -4.42. The van der Waals surface area contributed by atoms with Crippen molar-refractivity contribution in [1.29, 1.82) is 0 Å². The third kappa shape index (κ3) is 3.00. The summed E-state index contributed by atoms with van der Waals surface area (Å²) >= 11 is 0. The van der Waals surface area contributed by atoms with Crippen molar-refractivity contribution in [2.45, 2.75) is 0 Å². The third-order valence-corrected chi connectivity index (χ3v) is 6.49. The van der Waals surface area contributed by atoms with E-state index < -0.39 is 6.04 Å². The quantitative estimate of drug-likeness (QED) is 0.241. The van der Waals surface area contributed by atoms with Gasteiger partial charge in [0, 0.05) is 0 Å². The molecule has 0 nitrogen and oxygen atoms in total. The van der Waals surface area contributed by atoms with E-state index in [4.69, 9.17) is 6.85 Å². The summed E-state index contributed by atoms with van der Waals surface area (Å²) in [5.41, 5.74) is 4.80. The van der Waals surface area contributed by atoms with Crippen LogP contribution in [0.2, 0.25) is 0 Å². The van der Waals surface area contributed by atoms with Gasteiger partial charge in [-0.2, -0.15) is 0 Å². The molecule has 0 heteroatoms. The van der Waals surface area contributed by atoms with E-state index in [-0.39, 0.29) is 29.7 Å². The van der Waals surface area contributed by atoms with E-state index >= 15 is 0 Å². The summed E-state index contributed by atoms with van der Waals surface area (Å²) in [6, 6.07) is 24.6. The number of rotatable bonds is 4. The fraction of sp³-hybridized carbons (Fsp3) is 0. The Morgan fingerprint density at radius 1 is 0.559 bits per heavy atom. The highest BCUT2D eigenvalue weighted by atomic mass is 14.2. The van der Waals surface area contributed by atoms with Crippen LogP contribution in [0.1, 0.15) is 18.0 Å². The van der Waals surface area contributed by atoms with E-state index in [1.807, 2.05) is 72.8 Å². The molecule has 6 aromatic carbocycles. The van der Waals surface area contributed by atoms with Gasteiger partial charge in [-0.05, 0) is 71.8 Å². The van der Waals surface area contributed by atoms with Gasteiger partial charge >= 0.3 is 0 Å². The molecule has 0 atom stereocenters. The minimum atomic E-state index is -0.400. The second-order valence-corrected chi connectivity index (χ2v) is 8.22. The van der Waals surface area contributed by atoms with Crippen LogP contribution in [0.5, 0.6) is 0 Å². The van der Waals surface area contributed by atoms with Gasteiger partial charge in [-0.1, -0.05) is 128 Å². The highest BCUT2D eigenvalue weighted by molar-refractivity contribution is 6.22. The van der Waals surface area contributed by atoms with Crippen LogP contribution in [0.25, 0.3) is 66.7 Å². The number of benzene rings is 6. The summed E-state index contributed by atoms with van der Waals surface area (Å²) in [5, 5.41) is 5.64. The van der Waals surface area contributed by atoms with Gasteiger partial charge in [-0.3, -0.25) is 0 Å². The van der Waals surface area contributed by atoms with Gasteiger partial charge in [-0.15, -0.1) is 0 Å². The lowest BCUT2D eigenvalue weighted by Gasteiger charge is -2.20. The molecule has 0 aliphatic carbocycles. The molecule has 0 aromatic heterocycles. The smallest absolute Gasteiger partial charge is 0.0629 e. The Morgan fingerprint density at radius 2 is 1.06 bits per heavy atom. The second kappa shape index (κ2) is 8.17. The van der Waals surface area contributed by atoms with Crippen molar-refractivity contribution in [2.75, 3.05) is 0 Å². The molecule has 34 heavy (non-hydrogen) atoms. The molecule has 0 aliphatic rings. The van der Waals surface area contributed by atoms with Crippen LogP contribution in [0.15, 0.2) is 122 Å². The zero-order valence-corrected chi connectivity index (χ0v) is 18.6. The standard InChI is InChI=1S/C34H24/c1-3-25-26(4-2)32(22-24-16-8-9-17-27(24)25)34-30-20-12-10-18-28(30)33(23-14-6-5-7-15-23)29-19-11-13-21-31(29)34/h3-22H,1-2H2/i5D,6D,7D,14D,15D. The zero-order chi connectivity index (χ0) is 27.4. The first kappa shape index (κ1) is 15.4. The normalized spacial score (nSPS) is 13.2. The number of fused-ring (bicyclic) bond motifs is 3. The van der Waals surface area contributed by atoms with Crippen molar-refractivity contribution >= 4 is 44.5 Å². The van der Waals surface area contributed by atoms with Crippen molar-refractivity contribution in [3.63, 3.8) is 0 Å². The van der Waals surface area contributed by atoms with Crippen LogP contribution in [0, 0.1) is 0 Å². The maximum absolute atomic E-state index is 8.75. The van der Waals surface area contributed by atoms with Crippen LogP contribution >= 0.6 is 0 Å². The van der Waals surface area contributed by atoms with Gasteiger partial charge in [0.1, 0.15) is 0 Å². The van der Waals surface area contributed by atoms with Crippen molar-refractivity contribution < 1.29 is 6.85 Å². The number of hydrogen-bond donors (Lipinski definition) is 0. The van der Waals surface area contributed by atoms with E-state index in [2.05, 4.69) is 31.4 Å². The third-order valence-electron chi connectivity index (χ3n) is 6.49. The summed E-state index contributed by atoms with van der Waals surface area (Å²) in [5.74, 6) is 0. The fourth-order valence-corrected chi connectivity index (χ4v) is 5.10. The molecule has 6 aromatic rings. The lowest BCUT2D eigenvalue weighted by Crippen LogP contribution is -1.95. The molecule has 0 unspecified atom stereocenters. The van der Waals surface area contributed by atoms with Gasteiger partial charge in [-0.25, -0.2) is 0 Å². The highest BCUT2D eigenvalue weighted by Crippen LogP contribution is 2.46. The molecule has 0 saturated heterocycles. The lowest BCUT2D eigenvalue weighted by molar-refractivity contribution is 1.63. The van der Waals surface area contributed by atoms with Crippen LogP contribution in [-0.4, -0.2) is 0 Å². The monoisotopic (exact) mass is 437 g/mol. The Balaban J connectivity index is 1.87. The molecule has 0 bridgehead atoms. The van der Waals surface area contributed by atoms with E-state index in [1.54, 1.807) is 0 Å². The summed E-state index contributed by atoms with van der Waals surface area (Å²) in [7, 11) is 0. The molecular formula is C34H24. The fourth-order valence-electron chi connectivity index (χ4n) is 5.10. The van der Waals surface area contributed by atoms with Crippen LogP contribution < -0.4 is 0 Å². The van der Waals surface area contributed by atoms with Crippen molar-refractivity contribution in [1.82, 2.24) is 0 Å². The number of hydrogen-bond acceptors (Lipinski definition) is 0. The molecule has 6 rings (SSSR count). The Morgan fingerprint density at radius 3 is 1.62 bits per heavy atom. The predicted octanol–water partition coefficient (Wildman–Crippen LogP) is 9.77. The lowest BCUT2D eigenvalue weighted by atomic mass is 9.83. The minimum Gasteiger partial charge on any atom is -0.0984 e. The Bertz CT molecular complexity index is 1920. The van der Waals surface area contributed by atoms with Crippen LogP contribution in [-0.2, 0) is 0 Å². The van der Waals surface area contributed by atoms with Gasteiger partial charge in [0.05, 0.1) is 6.85 Å². The van der Waals surface area contributed by atoms with E-state index in [9.17, 15) is 0 Å². The molecule has 160 valence electrons. The Labute approximate surface area is 207 Å². The molecule has 0 aliphatic heterocycles. The van der Waals surface area contributed by atoms with Gasteiger partial charge < -0.3 is 0 Å². The largest absolute Gasteiger partial charge is 0.0984 e. The summed E-state index contributed by atoms with van der Waals surface area (Å²) < 4.78 is 42.3. The molecule has 0 radical (unpaired) electrons. The maximum atomic E-state index is 8.75. The average Bonchev–Trinajstić information content (AvgIpc) is 2.97. The first-order valence-electron chi connectivity index (χ1n) is 13.7. The van der Waals surface area contributed by atoms with Crippen LogP contribution in [0.4, 0.5) is 0 Å². The second-order valence-electron chi connectivity index (χ2n) is 8.22. The Kier molecular flexibility index (Phi) is 3.71. The molecular weight excluding hydrogens is 408 g/mol. The first-order valence-corrected chi connectivity index (χ1v) is 11.2. The maximum Gasteiger partial charge on any atom is 0.0629 e. The summed E-state index contributed by atoms with van der Waals surface area (Å²) in [4.78, 5) is 0. The van der Waals surface area contributed by atoms with E-state index in [0.717, 1.165) is 54.6 Å². The summed E-state index contributed by atoms with van der Waals surface area (Å²) in [6.45, 7) is 8.26. The van der Waals surface area contributed by atoms with Gasteiger partial charge in [0.25, 0.3) is 0 Å². The SMILES string of the molecule is [2H]c1c([2H])c([2H])c(-c2c3ccccc3c(-c3cc4ccccc4c(C=C)c3C=C)c3ccccc23)c([2H])c1[2H]. The minimum absolute atomic E-state index is 0.203. The highest BCUT2D eigenvalue weighted by Gasteiger charge is 2.19. The van der Waals surface area contributed by atoms with E-state index in [0.29, 0.717) is 5.56 Å². The predicted molar refractivity (Wildman–Crippen MR) is 150 cm³/mol. The topological polar surface area (TPSA) is 0 Å². The molecule has 0 amide bonds. The van der Waals surface area contributed by atoms with Gasteiger partial charge in [0.15, 0.2) is 0 Å². The zero-order valence-electron chi connectivity index (χ0n) is 23.6. The molecule has 0 saturated carbocycles. The van der Waals surface area contributed by atoms with Crippen molar-refractivity contribution in [3.05, 3.63) is 133 Å². The molecule has 0 fully saturated rings. The summed E-state index contributed by atoms with van der Waals surface area (Å²) in [6.07, 6.45) is 3.74. The average molecular weight is 438 g/mol. The van der Waals surface area contributed by atoms with Gasteiger partial charge in [0.2, 0.25) is 0 Å². The van der Waals surface area contributed by atoms with Crippen molar-refractivity contribution in [2.24, 2.45) is 0 Å². The van der Waals surface area contributed by atoms with Crippen molar-refractivity contribution in [3.8, 4) is 22.3 Å². The molecule has 0 N–H and O–H groups in total.